The molecule has 6 heteroatoms. The van der Waals surface area contributed by atoms with Crippen molar-refractivity contribution in [3.05, 3.63) is 65.7 Å². The number of ether oxygens (including phenoxy) is 2. The molecule has 2 amide bonds. The highest BCUT2D eigenvalue weighted by molar-refractivity contribution is 5.73. The normalized spacial score (nSPS) is 15.7. The molecular formula is C21H27N3O3. The summed E-state index contributed by atoms with van der Waals surface area (Å²) in [6, 6.07) is 17.7. The fourth-order valence-electron chi connectivity index (χ4n) is 3.30. The summed E-state index contributed by atoms with van der Waals surface area (Å²) < 4.78 is 11.0. The quantitative estimate of drug-likeness (QED) is 0.787. The molecule has 3 rings (SSSR count). The Kier molecular flexibility index (Phi) is 7.07. The van der Waals surface area contributed by atoms with E-state index in [2.05, 4.69) is 21.6 Å². The van der Waals surface area contributed by atoms with E-state index in [1.807, 2.05) is 48.5 Å². The number of nitrogens with one attached hydrogen (secondary N) is 2. The lowest BCUT2D eigenvalue weighted by molar-refractivity contribution is 0.0162. The van der Waals surface area contributed by atoms with Crippen LogP contribution in [-0.2, 0) is 11.3 Å². The summed E-state index contributed by atoms with van der Waals surface area (Å²) in [7, 11) is 1.68. The summed E-state index contributed by atoms with van der Waals surface area (Å²) in [5, 5.41) is 5.92. The number of carbonyl (C=O) groups is 1. The molecule has 2 aromatic carbocycles. The van der Waals surface area contributed by atoms with Crippen molar-refractivity contribution < 1.29 is 14.3 Å². The number of carbonyl (C=O) groups excluding carboxylic acids is 1. The van der Waals surface area contributed by atoms with Gasteiger partial charge in [0.2, 0.25) is 0 Å². The molecule has 1 fully saturated rings. The maximum absolute atomic E-state index is 12.3. The third kappa shape index (κ3) is 5.45. The highest BCUT2D eigenvalue weighted by Gasteiger charge is 2.25. The lowest BCUT2D eigenvalue weighted by Crippen LogP contribution is -2.45. The van der Waals surface area contributed by atoms with E-state index in [1.165, 1.54) is 0 Å². The molecule has 27 heavy (non-hydrogen) atoms. The number of nitrogens with zero attached hydrogens (tertiary/aromatic N) is 1. The zero-order valence-corrected chi connectivity index (χ0v) is 15.7. The van der Waals surface area contributed by atoms with Crippen LogP contribution in [0.15, 0.2) is 54.6 Å². The molecule has 0 aliphatic carbocycles. The topological polar surface area (TPSA) is 62.8 Å². The summed E-state index contributed by atoms with van der Waals surface area (Å²) in [5.41, 5.74) is 2.15. The van der Waals surface area contributed by atoms with Gasteiger partial charge >= 0.3 is 6.03 Å². The first-order valence-electron chi connectivity index (χ1n) is 9.28. The maximum atomic E-state index is 12.3. The third-order valence-corrected chi connectivity index (χ3v) is 4.74. The number of hydrogen-bond acceptors (Lipinski definition) is 4. The largest absolute Gasteiger partial charge is 0.496 e. The van der Waals surface area contributed by atoms with Crippen LogP contribution in [0.25, 0.3) is 0 Å². The van der Waals surface area contributed by atoms with E-state index in [0.29, 0.717) is 26.3 Å². The zero-order valence-electron chi connectivity index (χ0n) is 15.7. The molecule has 0 bridgehead atoms. The molecule has 144 valence electrons. The van der Waals surface area contributed by atoms with Crippen LogP contribution in [0.4, 0.5) is 4.79 Å². The van der Waals surface area contributed by atoms with E-state index in [0.717, 1.165) is 30.0 Å². The van der Waals surface area contributed by atoms with E-state index >= 15 is 0 Å². The van der Waals surface area contributed by atoms with Crippen LogP contribution in [0, 0.1) is 0 Å². The first-order valence-corrected chi connectivity index (χ1v) is 9.28. The van der Waals surface area contributed by atoms with E-state index in [1.54, 1.807) is 7.11 Å². The Morgan fingerprint density at radius 2 is 1.78 bits per heavy atom. The SMILES string of the molecule is COc1ccccc1C(CNC(=O)NCc1ccccc1)N1CCOCC1. The van der Waals surface area contributed by atoms with Gasteiger partial charge in [-0.1, -0.05) is 48.5 Å². The van der Waals surface area contributed by atoms with Crippen molar-refractivity contribution >= 4 is 6.03 Å². The number of morpholine rings is 1. The fourth-order valence-corrected chi connectivity index (χ4v) is 3.30. The van der Waals surface area contributed by atoms with Crippen LogP contribution >= 0.6 is 0 Å². The van der Waals surface area contributed by atoms with Gasteiger partial charge in [-0.05, 0) is 11.6 Å². The second-order valence-corrected chi connectivity index (χ2v) is 6.46. The molecule has 0 aromatic heterocycles. The van der Waals surface area contributed by atoms with Gasteiger partial charge in [-0.3, -0.25) is 4.90 Å². The molecular weight excluding hydrogens is 342 g/mol. The fraction of sp³-hybridized carbons (Fsp3) is 0.381. The number of methoxy groups -OCH3 is 1. The minimum Gasteiger partial charge on any atom is -0.496 e. The summed E-state index contributed by atoms with van der Waals surface area (Å²) >= 11 is 0. The Morgan fingerprint density at radius 3 is 2.52 bits per heavy atom. The predicted molar refractivity (Wildman–Crippen MR) is 105 cm³/mol. The van der Waals surface area contributed by atoms with E-state index in [-0.39, 0.29) is 12.1 Å². The van der Waals surface area contributed by atoms with Crippen LogP contribution in [0.3, 0.4) is 0 Å². The third-order valence-electron chi connectivity index (χ3n) is 4.74. The molecule has 0 spiro atoms. The van der Waals surface area contributed by atoms with Crippen LogP contribution in [0.2, 0.25) is 0 Å². The standard InChI is InChI=1S/C21H27N3O3/c1-26-20-10-6-5-9-18(20)19(24-11-13-27-14-12-24)16-23-21(25)22-15-17-7-3-2-4-8-17/h2-10,19H,11-16H2,1H3,(H2,22,23,25). The van der Waals surface area contributed by atoms with Crippen molar-refractivity contribution in [3.63, 3.8) is 0 Å². The van der Waals surface area contributed by atoms with Crippen molar-refractivity contribution in [2.75, 3.05) is 40.0 Å². The van der Waals surface area contributed by atoms with Crippen molar-refractivity contribution in [2.24, 2.45) is 0 Å². The van der Waals surface area contributed by atoms with E-state index in [9.17, 15) is 4.79 Å². The highest BCUT2D eigenvalue weighted by Crippen LogP contribution is 2.29. The molecule has 1 aliphatic rings. The summed E-state index contributed by atoms with van der Waals surface area (Å²) in [6.07, 6.45) is 0. The van der Waals surface area contributed by atoms with E-state index < -0.39 is 0 Å². The van der Waals surface area contributed by atoms with Gasteiger partial charge in [-0.25, -0.2) is 4.79 Å². The first kappa shape index (κ1) is 19.2. The molecule has 2 N–H and O–H groups in total. The van der Waals surface area contributed by atoms with Crippen molar-refractivity contribution in [2.45, 2.75) is 12.6 Å². The second-order valence-electron chi connectivity index (χ2n) is 6.46. The van der Waals surface area contributed by atoms with Gasteiger partial charge in [-0.15, -0.1) is 0 Å². The van der Waals surface area contributed by atoms with Gasteiger partial charge in [0.15, 0.2) is 0 Å². The average molecular weight is 369 g/mol. The molecule has 1 heterocycles. The van der Waals surface area contributed by atoms with Crippen LogP contribution < -0.4 is 15.4 Å². The van der Waals surface area contributed by atoms with Crippen LogP contribution in [0.5, 0.6) is 5.75 Å². The maximum Gasteiger partial charge on any atom is 0.315 e. The number of benzene rings is 2. The van der Waals surface area contributed by atoms with Crippen LogP contribution in [0.1, 0.15) is 17.2 Å². The smallest absolute Gasteiger partial charge is 0.315 e. The first-order chi connectivity index (χ1) is 13.3. The number of amides is 2. The van der Waals surface area contributed by atoms with Gasteiger partial charge in [0.25, 0.3) is 0 Å². The molecule has 1 aliphatic heterocycles. The molecule has 1 unspecified atom stereocenters. The number of urea groups is 1. The second kappa shape index (κ2) is 9.94. The summed E-state index contributed by atoms with van der Waals surface area (Å²) in [4.78, 5) is 14.6. The zero-order chi connectivity index (χ0) is 18.9. The molecule has 6 nitrogen and oxygen atoms in total. The Morgan fingerprint density at radius 1 is 1.07 bits per heavy atom. The van der Waals surface area contributed by atoms with Crippen LogP contribution in [-0.4, -0.2) is 50.9 Å². The summed E-state index contributed by atoms with van der Waals surface area (Å²) in [5.74, 6) is 0.834. The highest BCUT2D eigenvalue weighted by atomic mass is 16.5. The monoisotopic (exact) mass is 369 g/mol. The molecule has 0 saturated carbocycles. The molecule has 1 atom stereocenters. The number of rotatable bonds is 7. The van der Waals surface area contributed by atoms with Gasteiger partial charge in [0.1, 0.15) is 5.75 Å². The van der Waals surface area contributed by atoms with Crippen molar-refractivity contribution in [3.8, 4) is 5.75 Å². The summed E-state index contributed by atoms with van der Waals surface area (Å²) in [6.45, 7) is 4.06. The Bertz CT molecular complexity index is 718. The Hall–Kier alpha value is -2.57. The minimum absolute atomic E-state index is 0.0347. The van der Waals surface area contributed by atoms with Crippen molar-refractivity contribution in [1.82, 2.24) is 15.5 Å². The van der Waals surface area contributed by atoms with Gasteiger partial charge in [-0.2, -0.15) is 0 Å². The number of hydrogen-bond donors (Lipinski definition) is 2. The molecule has 1 saturated heterocycles. The van der Waals surface area contributed by atoms with Crippen molar-refractivity contribution in [1.29, 1.82) is 0 Å². The minimum atomic E-state index is -0.174. The number of para-hydroxylation sites is 1. The van der Waals surface area contributed by atoms with Gasteiger partial charge in [0, 0.05) is 31.7 Å². The van der Waals surface area contributed by atoms with Gasteiger partial charge < -0.3 is 20.1 Å². The Balaban J connectivity index is 1.63. The predicted octanol–water partition coefficient (Wildman–Crippen LogP) is 2.57. The Labute approximate surface area is 160 Å². The molecule has 2 aromatic rings. The molecule has 0 radical (unpaired) electrons. The average Bonchev–Trinajstić information content (AvgIpc) is 2.74. The van der Waals surface area contributed by atoms with Gasteiger partial charge in [0.05, 0.1) is 26.4 Å². The lowest BCUT2D eigenvalue weighted by Gasteiger charge is -2.35. The van der Waals surface area contributed by atoms with E-state index in [4.69, 9.17) is 9.47 Å². The lowest BCUT2D eigenvalue weighted by atomic mass is 10.0.